The molecule has 120 valence electrons. The van der Waals surface area contributed by atoms with Crippen molar-refractivity contribution in [2.24, 2.45) is 5.92 Å². The predicted octanol–water partition coefficient (Wildman–Crippen LogP) is 2.21. The van der Waals surface area contributed by atoms with Crippen LogP contribution in [0.3, 0.4) is 0 Å². The van der Waals surface area contributed by atoms with Crippen LogP contribution in [0.1, 0.15) is 44.9 Å². The highest BCUT2D eigenvalue weighted by molar-refractivity contribution is 5.85. The lowest BCUT2D eigenvalue weighted by Crippen LogP contribution is -2.44. The molecule has 0 aromatic rings. The van der Waals surface area contributed by atoms with Crippen LogP contribution in [0.15, 0.2) is 12.7 Å². The summed E-state index contributed by atoms with van der Waals surface area (Å²) in [4.78, 5) is 23.8. The van der Waals surface area contributed by atoms with Gasteiger partial charge in [-0.3, -0.25) is 4.79 Å². The molecule has 1 fully saturated rings. The first-order valence-electron chi connectivity index (χ1n) is 7.76. The van der Waals surface area contributed by atoms with E-state index < -0.39 is 6.04 Å². The quantitative estimate of drug-likeness (QED) is 0.381. The zero-order valence-electron chi connectivity index (χ0n) is 12.9. The van der Waals surface area contributed by atoms with Gasteiger partial charge in [-0.1, -0.05) is 25.3 Å². The third kappa shape index (κ3) is 6.76. The Labute approximate surface area is 127 Å². The number of hydrogen-bond acceptors (Lipinski definition) is 4. The number of amides is 1. The fourth-order valence-corrected chi connectivity index (χ4v) is 2.41. The van der Waals surface area contributed by atoms with Gasteiger partial charge in [-0.25, -0.2) is 4.79 Å². The van der Waals surface area contributed by atoms with Crippen molar-refractivity contribution in [1.82, 2.24) is 5.32 Å². The first kappa shape index (κ1) is 17.7. The van der Waals surface area contributed by atoms with Crippen molar-refractivity contribution in [3.63, 3.8) is 0 Å². The van der Waals surface area contributed by atoms with Crippen LogP contribution in [0, 0.1) is 5.92 Å². The topological polar surface area (TPSA) is 64.6 Å². The maximum atomic E-state index is 12.0. The van der Waals surface area contributed by atoms with E-state index in [1.165, 1.54) is 7.11 Å². The van der Waals surface area contributed by atoms with Gasteiger partial charge in [0.15, 0.2) is 0 Å². The third-order valence-electron chi connectivity index (χ3n) is 3.75. The average molecular weight is 297 g/mol. The maximum Gasteiger partial charge on any atom is 0.328 e. The Morgan fingerprint density at radius 1 is 1.38 bits per heavy atom. The van der Waals surface area contributed by atoms with Crippen molar-refractivity contribution >= 4 is 11.9 Å². The fourth-order valence-electron chi connectivity index (χ4n) is 2.41. The van der Waals surface area contributed by atoms with Gasteiger partial charge in [0.05, 0.1) is 19.6 Å². The molecule has 1 rings (SSSR count). The van der Waals surface area contributed by atoms with Crippen LogP contribution in [0.4, 0.5) is 0 Å². The molecule has 5 nitrogen and oxygen atoms in total. The van der Waals surface area contributed by atoms with Crippen molar-refractivity contribution < 1.29 is 19.1 Å². The Morgan fingerprint density at radius 3 is 2.76 bits per heavy atom. The second kappa shape index (κ2) is 10.4. The maximum absolute atomic E-state index is 12.0. The highest BCUT2D eigenvalue weighted by atomic mass is 16.5. The monoisotopic (exact) mass is 297 g/mol. The molecule has 0 aliphatic carbocycles. The molecule has 1 aliphatic rings. The molecule has 0 radical (unpaired) electrons. The van der Waals surface area contributed by atoms with Crippen LogP contribution in [0.2, 0.25) is 0 Å². The van der Waals surface area contributed by atoms with Gasteiger partial charge in [0.1, 0.15) is 6.04 Å². The van der Waals surface area contributed by atoms with Crippen LogP contribution in [-0.2, 0) is 19.1 Å². The molecule has 1 saturated heterocycles. The molecular weight excluding hydrogens is 270 g/mol. The van der Waals surface area contributed by atoms with Crippen LogP contribution in [0.5, 0.6) is 0 Å². The first-order chi connectivity index (χ1) is 10.2. The number of methoxy groups -OCH3 is 1. The Morgan fingerprint density at radius 2 is 2.14 bits per heavy atom. The molecule has 5 heteroatoms. The second-order valence-electron chi connectivity index (χ2n) is 5.43. The largest absolute Gasteiger partial charge is 0.467 e. The normalized spacial score (nSPS) is 19.0. The Kier molecular flexibility index (Phi) is 8.74. The molecule has 0 saturated carbocycles. The number of nitrogens with one attached hydrogen (secondary N) is 1. The number of rotatable bonds is 10. The van der Waals surface area contributed by atoms with E-state index in [1.54, 1.807) is 0 Å². The molecule has 2 atom stereocenters. The Bertz CT molecular complexity index is 337. The van der Waals surface area contributed by atoms with Crippen molar-refractivity contribution in [2.45, 2.75) is 51.0 Å². The zero-order chi connectivity index (χ0) is 15.5. The summed E-state index contributed by atoms with van der Waals surface area (Å²) in [7, 11) is 1.35. The second-order valence-corrected chi connectivity index (χ2v) is 5.43. The summed E-state index contributed by atoms with van der Waals surface area (Å²) in [5.74, 6) is -0.604. The lowest BCUT2D eigenvalue weighted by molar-refractivity contribution is -0.145. The minimum absolute atomic E-state index is 0.102. The summed E-state index contributed by atoms with van der Waals surface area (Å²) in [6.07, 6.45) is 8.48. The summed E-state index contributed by atoms with van der Waals surface area (Å²) in [6, 6.07) is -0.539. The minimum atomic E-state index is -0.539. The van der Waals surface area contributed by atoms with Crippen molar-refractivity contribution in [3.8, 4) is 0 Å². The lowest BCUT2D eigenvalue weighted by Gasteiger charge is -2.18. The highest BCUT2D eigenvalue weighted by Crippen LogP contribution is 2.14. The van der Waals surface area contributed by atoms with E-state index in [-0.39, 0.29) is 17.8 Å². The summed E-state index contributed by atoms with van der Waals surface area (Å²) in [5, 5.41) is 2.80. The molecule has 1 aliphatic heterocycles. The van der Waals surface area contributed by atoms with Crippen LogP contribution >= 0.6 is 0 Å². The molecule has 0 spiro atoms. The number of allylic oxidation sites excluding steroid dienone is 1. The third-order valence-corrected chi connectivity index (χ3v) is 3.75. The summed E-state index contributed by atoms with van der Waals surface area (Å²) in [5.41, 5.74) is 0. The van der Waals surface area contributed by atoms with Crippen LogP contribution in [0.25, 0.3) is 0 Å². The molecule has 21 heavy (non-hydrogen) atoms. The van der Waals surface area contributed by atoms with Crippen LogP contribution in [-0.4, -0.2) is 38.2 Å². The Hall–Kier alpha value is -1.36. The van der Waals surface area contributed by atoms with Crippen molar-refractivity contribution in [3.05, 3.63) is 12.7 Å². The summed E-state index contributed by atoms with van der Waals surface area (Å²) in [6.45, 7) is 4.75. The van der Waals surface area contributed by atoms with Crippen molar-refractivity contribution in [1.29, 1.82) is 0 Å². The first-order valence-corrected chi connectivity index (χ1v) is 7.76. The molecule has 0 unspecified atom stereocenters. The van der Waals surface area contributed by atoms with E-state index >= 15 is 0 Å². The molecule has 1 N–H and O–H groups in total. The van der Waals surface area contributed by atoms with Crippen LogP contribution < -0.4 is 5.32 Å². The van der Waals surface area contributed by atoms with E-state index in [2.05, 4.69) is 11.9 Å². The van der Waals surface area contributed by atoms with Gasteiger partial charge in [0.25, 0.3) is 0 Å². The number of carbonyl (C=O) groups excluding carboxylic acids is 2. The molecular formula is C16H27NO4. The van der Waals surface area contributed by atoms with E-state index in [0.717, 1.165) is 38.5 Å². The number of esters is 1. The number of ether oxygens (including phenoxy) is 2. The summed E-state index contributed by atoms with van der Waals surface area (Å²) < 4.78 is 9.97. The van der Waals surface area contributed by atoms with Gasteiger partial charge < -0.3 is 14.8 Å². The number of hydrogen-bond donors (Lipinski definition) is 1. The van der Waals surface area contributed by atoms with Gasteiger partial charge in [-0.2, -0.15) is 0 Å². The number of carbonyl (C=O) groups is 2. The molecule has 1 heterocycles. The Balaban J connectivity index is 2.31. The molecule has 0 bridgehead atoms. The fraction of sp³-hybridized carbons (Fsp3) is 0.750. The molecule has 0 aromatic carbocycles. The minimum Gasteiger partial charge on any atom is -0.467 e. The van der Waals surface area contributed by atoms with E-state index in [0.29, 0.717) is 19.6 Å². The lowest BCUT2D eigenvalue weighted by atomic mass is 10.0. The SMILES string of the molecule is C=CCCCCCC[C@H](NC(=O)[C@@H]1CCOC1)C(=O)OC. The van der Waals surface area contributed by atoms with Gasteiger partial charge in [0, 0.05) is 6.61 Å². The molecule has 1 amide bonds. The van der Waals surface area contributed by atoms with Gasteiger partial charge >= 0.3 is 5.97 Å². The smallest absolute Gasteiger partial charge is 0.328 e. The predicted molar refractivity (Wildman–Crippen MR) is 80.8 cm³/mol. The van der Waals surface area contributed by atoms with Crippen molar-refractivity contribution in [2.75, 3.05) is 20.3 Å². The van der Waals surface area contributed by atoms with Gasteiger partial charge in [0.2, 0.25) is 5.91 Å². The molecule has 0 aromatic heterocycles. The summed E-state index contributed by atoms with van der Waals surface area (Å²) >= 11 is 0. The zero-order valence-corrected chi connectivity index (χ0v) is 12.9. The number of unbranched alkanes of at least 4 members (excludes halogenated alkanes) is 4. The van der Waals surface area contributed by atoms with Gasteiger partial charge in [-0.05, 0) is 25.7 Å². The van der Waals surface area contributed by atoms with Gasteiger partial charge in [-0.15, -0.1) is 6.58 Å². The van der Waals surface area contributed by atoms with E-state index in [9.17, 15) is 9.59 Å². The van der Waals surface area contributed by atoms with E-state index in [4.69, 9.17) is 9.47 Å². The average Bonchev–Trinajstić information content (AvgIpc) is 3.03. The standard InChI is InChI=1S/C16H27NO4/c1-3-4-5-6-7-8-9-14(16(19)20-2)17-15(18)13-10-11-21-12-13/h3,13-14H,1,4-12H2,2H3,(H,17,18)/t13-,14+/m1/s1. The highest BCUT2D eigenvalue weighted by Gasteiger charge is 2.28. The van der Waals surface area contributed by atoms with E-state index in [1.807, 2.05) is 6.08 Å².